The average molecular weight is 202 g/mol. The molecule has 1 aliphatic heterocycles. The second-order valence-electron chi connectivity index (χ2n) is 3.34. The molecule has 0 bridgehead atoms. The maximum absolute atomic E-state index is 11.3. The highest BCUT2D eigenvalue weighted by atomic mass is 16.6. The summed E-state index contributed by atoms with van der Waals surface area (Å²) in [5.74, 6) is 0. The van der Waals surface area contributed by atoms with Gasteiger partial charge in [0.2, 0.25) is 0 Å². The number of hydrogen-bond donors (Lipinski definition) is 0. The SMILES string of the molecule is CCOC(=O)N1[C@@H](CC)[C@@]1(C)[N+](=O)[O-]. The lowest BCUT2D eigenvalue weighted by Gasteiger charge is -2.04. The number of carbonyl (C=O) groups is 1. The molecule has 0 unspecified atom stereocenters. The first kappa shape index (κ1) is 10.7. The molecule has 1 heterocycles. The first-order chi connectivity index (χ1) is 6.50. The van der Waals surface area contributed by atoms with E-state index in [0.717, 1.165) is 0 Å². The first-order valence-electron chi connectivity index (χ1n) is 4.60. The van der Waals surface area contributed by atoms with Crippen LogP contribution in [0.5, 0.6) is 0 Å². The van der Waals surface area contributed by atoms with Crippen LogP contribution in [0.4, 0.5) is 4.79 Å². The molecule has 0 aromatic heterocycles. The Morgan fingerprint density at radius 2 is 2.21 bits per heavy atom. The highest BCUT2D eigenvalue weighted by Gasteiger charge is 2.73. The fourth-order valence-corrected chi connectivity index (χ4v) is 1.73. The number of amides is 1. The maximum atomic E-state index is 11.3. The minimum atomic E-state index is -1.26. The molecule has 0 saturated carbocycles. The van der Waals surface area contributed by atoms with E-state index in [1.54, 1.807) is 6.92 Å². The second kappa shape index (κ2) is 3.43. The van der Waals surface area contributed by atoms with Gasteiger partial charge in [0.1, 0.15) is 6.04 Å². The van der Waals surface area contributed by atoms with E-state index in [2.05, 4.69) is 0 Å². The molecule has 1 amide bonds. The van der Waals surface area contributed by atoms with Crippen LogP contribution >= 0.6 is 0 Å². The zero-order valence-corrected chi connectivity index (χ0v) is 8.52. The highest BCUT2D eigenvalue weighted by molar-refractivity contribution is 5.72. The summed E-state index contributed by atoms with van der Waals surface area (Å²) >= 11 is 0. The van der Waals surface area contributed by atoms with Gasteiger partial charge < -0.3 is 4.74 Å². The Morgan fingerprint density at radius 1 is 1.64 bits per heavy atom. The zero-order chi connectivity index (χ0) is 10.9. The zero-order valence-electron chi connectivity index (χ0n) is 8.52. The average Bonchev–Trinajstić information content (AvgIpc) is 2.73. The summed E-state index contributed by atoms with van der Waals surface area (Å²) in [5, 5.41) is 10.7. The molecule has 0 radical (unpaired) electrons. The van der Waals surface area contributed by atoms with Crippen LogP contribution in [-0.2, 0) is 4.74 Å². The summed E-state index contributed by atoms with van der Waals surface area (Å²) in [6.07, 6.45) is -0.0328. The van der Waals surface area contributed by atoms with Crippen molar-refractivity contribution in [2.24, 2.45) is 0 Å². The van der Waals surface area contributed by atoms with Crippen molar-refractivity contribution in [3.8, 4) is 0 Å². The van der Waals surface area contributed by atoms with Gasteiger partial charge in [-0.2, -0.15) is 0 Å². The van der Waals surface area contributed by atoms with Gasteiger partial charge in [-0.15, -0.1) is 0 Å². The van der Waals surface area contributed by atoms with E-state index < -0.39 is 16.7 Å². The summed E-state index contributed by atoms with van der Waals surface area (Å²) in [7, 11) is 0. The Morgan fingerprint density at radius 3 is 2.50 bits per heavy atom. The number of nitro groups is 1. The molecule has 2 atom stereocenters. The van der Waals surface area contributed by atoms with Gasteiger partial charge in [-0.1, -0.05) is 6.92 Å². The van der Waals surface area contributed by atoms with E-state index in [9.17, 15) is 14.9 Å². The van der Waals surface area contributed by atoms with Crippen LogP contribution in [0.15, 0.2) is 0 Å². The molecule has 0 N–H and O–H groups in total. The largest absolute Gasteiger partial charge is 0.450 e. The molecule has 0 aromatic rings. The van der Waals surface area contributed by atoms with Gasteiger partial charge >= 0.3 is 11.8 Å². The van der Waals surface area contributed by atoms with Gasteiger partial charge in [-0.25, -0.2) is 9.69 Å². The minimum absolute atomic E-state index is 0.236. The first-order valence-corrected chi connectivity index (χ1v) is 4.60. The van der Waals surface area contributed by atoms with Gasteiger partial charge in [-0.05, 0) is 13.3 Å². The van der Waals surface area contributed by atoms with Gasteiger partial charge in [-0.3, -0.25) is 10.1 Å². The van der Waals surface area contributed by atoms with Gasteiger partial charge in [0, 0.05) is 6.92 Å². The van der Waals surface area contributed by atoms with Crippen LogP contribution in [0.1, 0.15) is 27.2 Å². The van der Waals surface area contributed by atoms with E-state index in [-0.39, 0.29) is 12.6 Å². The van der Waals surface area contributed by atoms with Crippen LogP contribution in [0.3, 0.4) is 0 Å². The third-order valence-corrected chi connectivity index (χ3v) is 2.58. The third-order valence-electron chi connectivity index (χ3n) is 2.58. The molecule has 14 heavy (non-hydrogen) atoms. The lowest BCUT2D eigenvalue weighted by Crippen LogP contribution is -2.28. The van der Waals surface area contributed by atoms with Gasteiger partial charge in [0.05, 0.1) is 11.5 Å². The number of ether oxygens (including phenoxy) is 1. The molecule has 1 saturated heterocycles. The number of rotatable bonds is 3. The van der Waals surface area contributed by atoms with Crippen molar-refractivity contribution < 1.29 is 14.5 Å². The number of carbonyl (C=O) groups excluding carboxylic acids is 1. The quantitative estimate of drug-likeness (QED) is 0.392. The van der Waals surface area contributed by atoms with E-state index in [1.807, 2.05) is 6.92 Å². The Balaban J connectivity index is 2.73. The number of hydrogen-bond acceptors (Lipinski definition) is 4. The Kier molecular flexibility index (Phi) is 2.64. The second-order valence-corrected chi connectivity index (χ2v) is 3.34. The molecule has 6 nitrogen and oxygen atoms in total. The minimum Gasteiger partial charge on any atom is -0.450 e. The van der Waals surface area contributed by atoms with Crippen molar-refractivity contribution in [1.29, 1.82) is 0 Å². The Hall–Kier alpha value is -1.33. The van der Waals surface area contributed by atoms with E-state index in [0.29, 0.717) is 6.42 Å². The molecule has 1 aliphatic rings. The summed E-state index contributed by atoms with van der Waals surface area (Å²) in [6, 6.07) is -0.337. The van der Waals surface area contributed by atoms with Crippen LogP contribution in [0, 0.1) is 10.1 Å². The molecule has 1 fully saturated rings. The molecule has 80 valence electrons. The van der Waals surface area contributed by atoms with Gasteiger partial charge in [0.15, 0.2) is 0 Å². The van der Waals surface area contributed by atoms with E-state index in [4.69, 9.17) is 4.74 Å². The van der Waals surface area contributed by atoms with Gasteiger partial charge in [0.25, 0.3) is 0 Å². The van der Waals surface area contributed by atoms with Crippen molar-refractivity contribution in [2.45, 2.75) is 38.9 Å². The smallest absolute Gasteiger partial charge is 0.415 e. The van der Waals surface area contributed by atoms with Crippen molar-refractivity contribution in [3.63, 3.8) is 0 Å². The van der Waals surface area contributed by atoms with Crippen molar-refractivity contribution >= 4 is 6.09 Å². The summed E-state index contributed by atoms with van der Waals surface area (Å²) in [4.78, 5) is 22.8. The summed E-state index contributed by atoms with van der Waals surface area (Å²) in [5.41, 5.74) is -1.26. The van der Waals surface area contributed by atoms with Crippen molar-refractivity contribution in [2.75, 3.05) is 6.61 Å². The standard InChI is InChI=1S/C8H14N2O4/c1-4-6-8(3,10(12)13)9(6)7(11)14-5-2/h6H,4-5H2,1-3H3/t6-,8+,9?/m0/s1. The highest BCUT2D eigenvalue weighted by Crippen LogP contribution is 2.43. The van der Waals surface area contributed by atoms with E-state index in [1.165, 1.54) is 11.8 Å². The number of nitrogens with zero attached hydrogens (tertiary/aromatic N) is 2. The molecular formula is C8H14N2O4. The van der Waals surface area contributed by atoms with Crippen LogP contribution < -0.4 is 0 Å². The predicted molar refractivity (Wildman–Crippen MR) is 48.3 cm³/mol. The summed E-state index contributed by atoms with van der Waals surface area (Å²) in [6.45, 7) is 5.16. The third kappa shape index (κ3) is 1.30. The normalized spacial score (nSPS) is 29.9. The maximum Gasteiger partial charge on any atom is 0.415 e. The Labute approximate surface area is 82.0 Å². The lowest BCUT2D eigenvalue weighted by atomic mass is 10.2. The molecule has 0 aromatic carbocycles. The lowest BCUT2D eigenvalue weighted by molar-refractivity contribution is -0.545. The van der Waals surface area contributed by atoms with Crippen molar-refractivity contribution in [1.82, 2.24) is 4.90 Å². The molecule has 0 aliphatic carbocycles. The topological polar surface area (TPSA) is 72.5 Å². The molecule has 1 rings (SSSR count). The summed E-state index contributed by atoms with van der Waals surface area (Å²) < 4.78 is 4.73. The predicted octanol–water partition coefficient (Wildman–Crippen LogP) is 1.23. The fourth-order valence-electron chi connectivity index (χ4n) is 1.73. The molecule has 0 spiro atoms. The Bertz CT molecular complexity index is 268. The van der Waals surface area contributed by atoms with Crippen LogP contribution in [-0.4, -0.2) is 34.2 Å². The van der Waals surface area contributed by atoms with Crippen LogP contribution in [0.25, 0.3) is 0 Å². The fraction of sp³-hybridized carbons (Fsp3) is 0.875. The molecular weight excluding hydrogens is 188 g/mol. The van der Waals surface area contributed by atoms with Crippen molar-refractivity contribution in [3.05, 3.63) is 10.1 Å². The van der Waals surface area contributed by atoms with E-state index >= 15 is 0 Å². The monoisotopic (exact) mass is 202 g/mol. The molecule has 6 heteroatoms. The van der Waals surface area contributed by atoms with Crippen LogP contribution in [0.2, 0.25) is 0 Å².